The monoisotopic (exact) mass is 319 g/mol. The molecular weight excluding hydrogens is 290 g/mol. The molecule has 1 nitrogen and oxygen atoms in total. The first-order valence-corrected chi connectivity index (χ1v) is 8.45. The summed E-state index contributed by atoms with van der Waals surface area (Å²) in [5.74, 6) is 1.91. The van der Waals surface area contributed by atoms with E-state index in [1.807, 2.05) is 25.8 Å². The molecule has 2 atom stereocenters. The molecule has 1 saturated heterocycles. The maximum Gasteiger partial charge on any atom is 0.298 e. The normalized spacial score (nSPS) is 22.9. The van der Waals surface area contributed by atoms with Crippen molar-refractivity contribution in [1.29, 1.82) is 0 Å². The molecule has 1 aliphatic rings. The average Bonchev–Trinajstić information content (AvgIpc) is 2.44. The molecule has 1 fully saturated rings. The van der Waals surface area contributed by atoms with Crippen molar-refractivity contribution in [3.63, 3.8) is 0 Å². The second kappa shape index (κ2) is 14.0. The minimum Gasteiger partial charge on any atom is -0.251 e. The quantitative estimate of drug-likeness (QED) is 0.492. The number of hydrogen-bond donors (Lipinski definition) is 0. The molecule has 0 spiro atoms. The first-order valence-electron chi connectivity index (χ1n) is 7.27. The summed E-state index contributed by atoms with van der Waals surface area (Å²) < 4.78 is 44.1. The van der Waals surface area contributed by atoms with Crippen molar-refractivity contribution in [1.82, 2.24) is 4.31 Å². The Morgan fingerprint density at radius 2 is 1.65 bits per heavy atom. The lowest BCUT2D eigenvalue weighted by molar-refractivity contribution is -0.0278. The summed E-state index contributed by atoms with van der Waals surface area (Å²) in [5.41, 5.74) is 0. The van der Waals surface area contributed by atoms with Gasteiger partial charge in [-0.05, 0) is 24.5 Å². The van der Waals surface area contributed by atoms with Crippen LogP contribution in [0.2, 0.25) is 0 Å². The third-order valence-electron chi connectivity index (χ3n) is 3.15. The van der Waals surface area contributed by atoms with Gasteiger partial charge in [0.25, 0.3) is 12.9 Å². The number of rotatable bonds is 4. The van der Waals surface area contributed by atoms with E-state index in [0.717, 1.165) is 11.8 Å². The first kappa shape index (κ1) is 22.3. The van der Waals surface area contributed by atoms with Gasteiger partial charge in [0.1, 0.15) is 0 Å². The Bertz CT molecular complexity index is 200. The third-order valence-corrected chi connectivity index (χ3v) is 4.00. The van der Waals surface area contributed by atoms with E-state index in [1.54, 1.807) is 0 Å². The highest BCUT2D eigenvalue weighted by Gasteiger charge is 2.24. The number of piperidine rings is 1. The van der Waals surface area contributed by atoms with E-state index in [-0.39, 0.29) is 0 Å². The molecule has 0 saturated carbocycles. The predicted octanol–water partition coefficient (Wildman–Crippen LogP) is 5.57. The minimum absolute atomic E-state index is 0.908. The van der Waals surface area contributed by atoms with E-state index in [4.69, 9.17) is 0 Å². The summed E-state index contributed by atoms with van der Waals surface area (Å²) in [5, 5.41) is 0. The summed E-state index contributed by atoms with van der Waals surface area (Å²) >= 11 is 1.90. The van der Waals surface area contributed by atoms with Crippen LogP contribution < -0.4 is 0 Å². The maximum absolute atomic E-state index is 10.4. The van der Waals surface area contributed by atoms with Crippen molar-refractivity contribution in [3.05, 3.63) is 0 Å². The van der Waals surface area contributed by atoms with Gasteiger partial charge in [-0.2, -0.15) is 0 Å². The summed E-state index contributed by atoms with van der Waals surface area (Å²) in [4.78, 5) is 0. The lowest BCUT2D eigenvalue weighted by Gasteiger charge is -2.35. The van der Waals surface area contributed by atoms with Gasteiger partial charge in [-0.15, -0.1) is 0 Å². The molecule has 124 valence electrons. The summed E-state index contributed by atoms with van der Waals surface area (Å²) in [6.45, 7) is 11.3. The Morgan fingerprint density at radius 1 is 1.15 bits per heavy atom. The smallest absolute Gasteiger partial charge is 0.251 e. The van der Waals surface area contributed by atoms with Gasteiger partial charge in [0, 0.05) is 13.1 Å². The van der Waals surface area contributed by atoms with E-state index in [0.29, 0.717) is 0 Å². The van der Waals surface area contributed by atoms with Gasteiger partial charge in [-0.3, -0.25) is 4.31 Å². The molecule has 20 heavy (non-hydrogen) atoms. The minimum atomic E-state index is -3.48. The average molecular weight is 319 g/mol. The third kappa shape index (κ3) is 10.8. The van der Waals surface area contributed by atoms with Crippen LogP contribution in [-0.2, 0) is 0 Å². The number of hydrogen-bond acceptors (Lipinski definition) is 2. The van der Waals surface area contributed by atoms with Crippen molar-refractivity contribution < 1.29 is 17.6 Å². The van der Waals surface area contributed by atoms with E-state index >= 15 is 0 Å². The Balaban J connectivity index is 0. The van der Waals surface area contributed by atoms with E-state index in [9.17, 15) is 17.6 Å². The Morgan fingerprint density at radius 3 is 1.95 bits per heavy atom. The lowest BCUT2D eigenvalue weighted by atomic mass is 9.85. The molecule has 0 radical (unpaired) electrons. The van der Waals surface area contributed by atoms with Gasteiger partial charge in [0.05, 0.1) is 0 Å². The van der Waals surface area contributed by atoms with Crippen LogP contribution in [0, 0.1) is 11.8 Å². The number of alkyl halides is 4. The Kier molecular flexibility index (Phi) is 15.6. The van der Waals surface area contributed by atoms with Crippen LogP contribution in [0.15, 0.2) is 0 Å². The van der Waals surface area contributed by atoms with Crippen LogP contribution in [-0.4, -0.2) is 36.5 Å². The maximum atomic E-state index is 10.4. The molecule has 0 amide bonds. The van der Waals surface area contributed by atoms with Crippen LogP contribution in [0.5, 0.6) is 0 Å². The van der Waals surface area contributed by atoms with Crippen molar-refractivity contribution in [3.8, 4) is 0 Å². The topological polar surface area (TPSA) is 3.24 Å². The number of halogens is 4. The summed E-state index contributed by atoms with van der Waals surface area (Å²) in [6.07, 6.45) is -0.574. The molecule has 0 aromatic carbocycles. The van der Waals surface area contributed by atoms with E-state index in [2.05, 4.69) is 24.4 Å². The molecule has 1 heterocycles. The van der Waals surface area contributed by atoms with Crippen LogP contribution in [0.4, 0.5) is 17.6 Å². The van der Waals surface area contributed by atoms with E-state index in [1.165, 1.54) is 32.4 Å². The molecule has 0 bridgehead atoms. The molecule has 1 aliphatic heterocycles. The second-order valence-electron chi connectivity index (χ2n) is 4.55. The van der Waals surface area contributed by atoms with Gasteiger partial charge in [0.2, 0.25) is 0 Å². The molecule has 0 N–H and O–H groups in total. The van der Waals surface area contributed by atoms with Gasteiger partial charge in [0.15, 0.2) is 0 Å². The fraction of sp³-hybridized carbons (Fsp3) is 1.00. The summed E-state index contributed by atoms with van der Waals surface area (Å²) in [7, 11) is 0. The highest BCUT2D eigenvalue weighted by atomic mass is 32.2. The van der Waals surface area contributed by atoms with Gasteiger partial charge in [-0.1, -0.05) is 52.5 Å². The fourth-order valence-electron chi connectivity index (χ4n) is 2.12. The largest absolute Gasteiger partial charge is 0.298 e. The van der Waals surface area contributed by atoms with E-state index < -0.39 is 12.9 Å². The van der Waals surface area contributed by atoms with Gasteiger partial charge < -0.3 is 0 Å². The molecule has 0 aromatic heterocycles. The van der Waals surface area contributed by atoms with Crippen molar-refractivity contribution in [2.45, 2.75) is 59.8 Å². The molecule has 0 aliphatic carbocycles. The lowest BCUT2D eigenvalue weighted by Crippen LogP contribution is -2.34. The zero-order chi connectivity index (χ0) is 16.1. The standard InChI is InChI=1S/C10H21NS.C2H2F4.C2H6/c1-4-5-10-6-7-11(12-3)8-9(10)2;3-1(4)2(5)6;1-2/h9-10H,4-8H2,1-3H3;1-2H;1-2H3. The highest BCUT2D eigenvalue weighted by molar-refractivity contribution is 7.96. The first-order chi connectivity index (χ1) is 9.42. The number of nitrogens with zero attached hydrogens (tertiary/aromatic N) is 1. The van der Waals surface area contributed by atoms with Gasteiger partial charge in [-0.25, -0.2) is 17.6 Å². The van der Waals surface area contributed by atoms with Crippen molar-refractivity contribution in [2.24, 2.45) is 11.8 Å². The molecule has 1 rings (SSSR count). The van der Waals surface area contributed by atoms with Crippen LogP contribution in [0.3, 0.4) is 0 Å². The predicted molar refractivity (Wildman–Crippen MR) is 80.6 cm³/mol. The molecule has 0 aromatic rings. The zero-order valence-electron chi connectivity index (χ0n) is 13.2. The molecule has 6 heteroatoms. The zero-order valence-corrected chi connectivity index (χ0v) is 14.0. The SMILES string of the molecule is CC.CCCC1CCN(SC)CC1C.FC(F)C(F)F. The highest BCUT2D eigenvalue weighted by Crippen LogP contribution is 2.29. The molecule has 2 unspecified atom stereocenters. The summed E-state index contributed by atoms with van der Waals surface area (Å²) in [6, 6.07) is 0. The van der Waals surface area contributed by atoms with Crippen LogP contribution >= 0.6 is 11.9 Å². The Labute approximate surface area is 125 Å². The molecular formula is C14H29F4NS. The van der Waals surface area contributed by atoms with Crippen molar-refractivity contribution >= 4 is 11.9 Å². The van der Waals surface area contributed by atoms with Crippen LogP contribution in [0.25, 0.3) is 0 Å². The Hall–Kier alpha value is 0.0300. The van der Waals surface area contributed by atoms with Gasteiger partial charge >= 0.3 is 0 Å². The fourth-order valence-corrected chi connectivity index (χ4v) is 2.79. The van der Waals surface area contributed by atoms with Crippen LogP contribution in [0.1, 0.15) is 47.0 Å². The second-order valence-corrected chi connectivity index (χ2v) is 5.44. The van der Waals surface area contributed by atoms with Crippen molar-refractivity contribution in [2.75, 3.05) is 19.3 Å².